The fraction of sp³-hybridized carbons (Fsp3) is 0.680. The largest absolute Gasteiger partial charge is 0.491 e. The van der Waals surface area contributed by atoms with Crippen molar-refractivity contribution in [2.24, 2.45) is 11.3 Å². The van der Waals surface area contributed by atoms with Crippen LogP contribution in [0.15, 0.2) is 24.3 Å². The van der Waals surface area contributed by atoms with Gasteiger partial charge >= 0.3 is 0 Å². The molecule has 6 nitrogen and oxygen atoms in total. The van der Waals surface area contributed by atoms with Gasteiger partial charge in [0, 0.05) is 13.1 Å². The molecule has 0 aromatic heterocycles. The number of carbonyl (C=O) groups excluding carboxylic acids is 2. The van der Waals surface area contributed by atoms with E-state index in [-0.39, 0.29) is 23.3 Å². The number of rotatable bonds is 2. The number of para-hydroxylation sites is 1. The van der Waals surface area contributed by atoms with Crippen molar-refractivity contribution in [1.82, 2.24) is 15.5 Å². The van der Waals surface area contributed by atoms with Gasteiger partial charge in [-0.2, -0.15) is 0 Å². The van der Waals surface area contributed by atoms with E-state index in [4.69, 9.17) is 4.74 Å². The van der Waals surface area contributed by atoms with Crippen LogP contribution in [0.1, 0.15) is 69.7 Å². The maximum atomic E-state index is 13.4. The molecule has 0 radical (unpaired) electrons. The molecule has 1 aromatic carbocycles. The minimum absolute atomic E-state index is 0.101. The summed E-state index contributed by atoms with van der Waals surface area (Å²) in [7, 11) is 0. The topological polar surface area (TPSA) is 70.7 Å². The zero-order chi connectivity index (χ0) is 22.3. The monoisotopic (exact) mass is 429 g/mol. The number of benzene rings is 1. The molecule has 1 aromatic rings. The molecule has 2 amide bonds. The maximum absolute atomic E-state index is 13.4. The molecule has 0 unspecified atom stereocenters. The molecule has 2 aliphatic heterocycles. The van der Waals surface area contributed by atoms with Crippen molar-refractivity contribution >= 4 is 11.8 Å². The molecule has 2 N–H and O–H groups in total. The highest BCUT2D eigenvalue weighted by atomic mass is 16.5. The summed E-state index contributed by atoms with van der Waals surface area (Å²) in [5.41, 5.74) is 0.258. The number of nitrogens with zero attached hydrogens (tertiary/aromatic N) is 1. The number of amides is 2. The third kappa shape index (κ3) is 6.45. The van der Waals surface area contributed by atoms with Crippen molar-refractivity contribution in [2.45, 2.75) is 65.3 Å². The first-order valence-electron chi connectivity index (χ1n) is 11.9. The van der Waals surface area contributed by atoms with Crippen LogP contribution in [-0.2, 0) is 4.79 Å². The van der Waals surface area contributed by atoms with Crippen molar-refractivity contribution in [1.29, 1.82) is 0 Å². The van der Waals surface area contributed by atoms with Crippen molar-refractivity contribution in [2.75, 3.05) is 32.8 Å². The molecule has 2 aliphatic rings. The molecule has 31 heavy (non-hydrogen) atoms. The molecule has 0 bridgehead atoms. The van der Waals surface area contributed by atoms with Crippen molar-refractivity contribution in [3.63, 3.8) is 0 Å². The predicted molar refractivity (Wildman–Crippen MR) is 123 cm³/mol. The SMILES string of the molecule is CC(C)CN1CCC2(CCCCCNC(=O)c3ccccc3OC[C@H](C)NC2=O)CC1. The smallest absolute Gasteiger partial charge is 0.255 e. The van der Waals surface area contributed by atoms with Crippen LogP contribution in [0.5, 0.6) is 5.75 Å². The lowest BCUT2D eigenvalue weighted by Gasteiger charge is -2.42. The van der Waals surface area contributed by atoms with E-state index in [9.17, 15) is 9.59 Å². The van der Waals surface area contributed by atoms with Crippen LogP contribution < -0.4 is 15.4 Å². The second-order valence-corrected chi connectivity index (χ2v) is 9.72. The summed E-state index contributed by atoms with van der Waals surface area (Å²) in [4.78, 5) is 28.5. The van der Waals surface area contributed by atoms with Crippen LogP contribution in [0.2, 0.25) is 0 Å². The molecule has 1 saturated heterocycles. The fourth-order valence-corrected chi connectivity index (χ4v) is 4.75. The van der Waals surface area contributed by atoms with Gasteiger partial charge in [0.1, 0.15) is 12.4 Å². The Balaban J connectivity index is 1.70. The summed E-state index contributed by atoms with van der Waals surface area (Å²) >= 11 is 0. The number of fused-ring (bicyclic) bond motifs is 1. The number of nitrogens with one attached hydrogen (secondary N) is 2. The fourth-order valence-electron chi connectivity index (χ4n) is 4.75. The van der Waals surface area contributed by atoms with Gasteiger partial charge < -0.3 is 20.3 Å². The predicted octanol–water partition coefficient (Wildman–Crippen LogP) is 3.61. The highest BCUT2D eigenvalue weighted by Crippen LogP contribution is 2.37. The third-order valence-corrected chi connectivity index (χ3v) is 6.53. The van der Waals surface area contributed by atoms with Gasteiger partial charge in [-0.05, 0) is 63.7 Å². The van der Waals surface area contributed by atoms with Gasteiger partial charge in [0.15, 0.2) is 0 Å². The molecular formula is C25H39N3O3. The quantitative estimate of drug-likeness (QED) is 0.753. The molecule has 2 heterocycles. The Kier molecular flexibility index (Phi) is 8.35. The van der Waals surface area contributed by atoms with Crippen LogP contribution in [0.25, 0.3) is 0 Å². The first kappa shape index (κ1) is 23.6. The zero-order valence-electron chi connectivity index (χ0n) is 19.4. The summed E-state index contributed by atoms with van der Waals surface area (Å²) < 4.78 is 5.95. The van der Waals surface area contributed by atoms with E-state index in [0.717, 1.165) is 58.2 Å². The van der Waals surface area contributed by atoms with Gasteiger partial charge in [-0.15, -0.1) is 0 Å². The third-order valence-electron chi connectivity index (χ3n) is 6.53. The van der Waals surface area contributed by atoms with Crippen LogP contribution in [0.3, 0.4) is 0 Å². The van der Waals surface area contributed by atoms with Crippen LogP contribution in [0.4, 0.5) is 0 Å². The Hall–Kier alpha value is -2.08. The van der Waals surface area contributed by atoms with Gasteiger partial charge in [0.25, 0.3) is 5.91 Å². The molecular weight excluding hydrogens is 390 g/mol. The standard InChI is InChI=1S/C25H39N3O3/c1-19(2)17-28-15-12-25(13-16-28)11-7-4-8-14-26-23(29)21-9-5-6-10-22(21)31-18-20(3)27-24(25)30/h5-6,9-10,19-20H,4,7-8,11-18H2,1-3H3,(H,26,29)(H,27,30)/t20-/m0/s1. The Bertz CT molecular complexity index is 741. The minimum atomic E-state index is -0.289. The summed E-state index contributed by atoms with van der Waals surface area (Å²) in [6, 6.07) is 7.18. The van der Waals surface area contributed by atoms with Crippen LogP contribution in [-0.4, -0.2) is 55.5 Å². The van der Waals surface area contributed by atoms with Gasteiger partial charge in [-0.3, -0.25) is 9.59 Å². The second-order valence-electron chi connectivity index (χ2n) is 9.72. The van der Waals surface area contributed by atoms with Gasteiger partial charge in [-0.25, -0.2) is 0 Å². The summed E-state index contributed by atoms with van der Waals surface area (Å²) in [5, 5.41) is 6.24. The van der Waals surface area contributed by atoms with Crippen molar-refractivity contribution in [3.05, 3.63) is 29.8 Å². The average molecular weight is 430 g/mol. The Morgan fingerprint density at radius 2 is 1.84 bits per heavy atom. The molecule has 172 valence electrons. The van der Waals surface area contributed by atoms with E-state index < -0.39 is 0 Å². The van der Waals surface area contributed by atoms with E-state index in [1.54, 1.807) is 6.07 Å². The number of hydrogen-bond donors (Lipinski definition) is 2. The first-order chi connectivity index (χ1) is 14.9. The lowest BCUT2D eigenvalue weighted by molar-refractivity contribution is -0.135. The van der Waals surface area contributed by atoms with E-state index >= 15 is 0 Å². The normalized spacial score (nSPS) is 23.8. The van der Waals surface area contributed by atoms with E-state index in [0.29, 0.717) is 30.4 Å². The summed E-state index contributed by atoms with van der Waals surface area (Å²) in [6.07, 6.45) is 5.68. The Morgan fingerprint density at radius 1 is 1.10 bits per heavy atom. The zero-order valence-corrected chi connectivity index (χ0v) is 19.4. The van der Waals surface area contributed by atoms with Crippen LogP contribution >= 0.6 is 0 Å². The first-order valence-corrected chi connectivity index (χ1v) is 11.9. The lowest BCUT2D eigenvalue weighted by atomic mass is 9.73. The highest BCUT2D eigenvalue weighted by Gasteiger charge is 2.41. The lowest BCUT2D eigenvalue weighted by Crippen LogP contribution is -2.52. The van der Waals surface area contributed by atoms with E-state index in [1.165, 1.54) is 0 Å². The van der Waals surface area contributed by atoms with E-state index in [2.05, 4.69) is 29.4 Å². The number of ether oxygens (including phenoxy) is 1. The number of likely N-dealkylation sites (tertiary alicyclic amines) is 1. The maximum Gasteiger partial charge on any atom is 0.255 e. The second kappa shape index (κ2) is 11.0. The minimum Gasteiger partial charge on any atom is -0.491 e. The van der Waals surface area contributed by atoms with Gasteiger partial charge in [0.05, 0.1) is 17.0 Å². The van der Waals surface area contributed by atoms with Crippen molar-refractivity contribution < 1.29 is 14.3 Å². The number of carbonyl (C=O) groups is 2. The number of piperidine rings is 1. The Morgan fingerprint density at radius 3 is 2.58 bits per heavy atom. The molecule has 3 rings (SSSR count). The molecule has 6 heteroatoms. The molecule has 0 saturated carbocycles. The average Bonchev–Trinajstić information content (AvgIpc) is 2.75. The van der Waals surface area contributed by atoms with Crippen molar-refractivity contribution in [3.8, 4) is 5.75 Å². The molecule has 1 atom stereocenters. The molecule has 1 fully saturated rings. The summed E-state index contributed by atoms with van der Waals surface area (Å²) in [5.74, 6) is 1.28. The summed E-state index contributed by atoms with van der Waals surface area (Å²) in [6.45, 7) is 10.5. The van der Waals surface area contributed by atoms with Gasteiger partial charge in [-0.1, -0.05) is 38.8 Å². The van der Waals surface area contributed by atoms with Gasteiger partial charge in [0.2, 0.25) is 5.91 Å². The molecule has 0 aliphatic carbocycles. The van der Waals surface area contributed by atoms with Crippen LogP contribution in [0, 0.1) is 11.3 Å². The molecule has 1 spiro atoms. The number of hydrogen-bond acceptors (Lipinski definition) is 4. The highest BCUT2D eigenvalue weighted by molar-refractivity contribution is 5.96. The van der Waals surface area contributed by atoms with E-state index in [1.807, 2.05) is 25.1 Å². The Labute approximate surface area is 187 Å².